The lowest BCUT2D eigenvalue weighted by atomic mass is 10.0. The Kier molecular flexibility index (Phi) is 5.13. The Morgan fingerprint density at radius 3 is 2.64 bits per heavy atom. The van der Waals surface area contributed by atoms with Crippen LogP contribution in [0.5, 0.6) is 0 Å². The highest BCUT2D eigenvalue weighted by Gasteiger charge is 2.29. The summed E-state index contributed by atoms with van der Waals surface area (Å²) in [5, 5.41) is 0.168. The van der Waals surface area contributed by atoms with Gasteiger partial charge in [0.1, 0.15) is 0 Å². The minimum atomic E-state index is -3.73. The minimum Gasteiger partial charge on any atom is -0.462 e. The van der Waals surface area contributed by atoms with E-state index in [1.54, 1.807) is 6.92 Å². The van der Waals surface area contributed by atoms with Crippen LogP contribution in [0.25, 0.3) is 0 Å². The van der Waals surface area contributed by atoms with E-state index in [1.807, 2.05) is 24.3 Å². The van der Waals surface area contributed by atoms with E-state index in [1.165, 1.54) is 22.5 Å². The maximum absolute atomic E-state index is 13.0. The number of fused-ring (bicyclic) bond motifs is 1. The molecule has 0 aromatic heterocycles. The third-order valence-corrected chi connectivity index (χ3v) is 6.34. The van der Waals surface area contributed by atoms with Gasteiger partial charge in [-0.1, -0.05) is 35.9 Å². The number of benzene rings is 2. The summed E-state index contributed by atoms with van der Waals surface area (Å²) in [4.78, 5) is 12.0. The van der Waals surface area contributed by atoms with Crippen molar-refractivity contribution in [3.8, 4) is 0 Å². The van der Waals surface area contributed by atoms with E-state index in [2.05, 4.69) is 0 Å². The number of carbonyl (C=O) groups excluding carboxylic acids is 1. The molecule has 0 N–H and O–H groups in total. The maximum atomic E-state index is 13.0. The largest absolute Gasteiger partial charge is 0.462 e. The highest BCUT2D eigenvalue weighted by atomic mass is 35.5. The van der Waals surface area contributed by atoms with E-state index >= 15 is 0 Å². The molecule has 0 radical (unpaired) electrons. The molecule has 2 aromatic carbocycles. The van der Waals surface area contributed by atoms with Gasteiger partial charge in [0.15, 0.2) is 0 Å². The zero-order chi connectivity index (χ0) is 18.0. The lowest BCUT2D eigenvalue weighted by Gasteiger charge is -2.28. The molecule has 5 nitrogen and oxygen atoms in total. The van der Waals surface area contributed by atoms with Crippen molar-refractivity contribution >= 4 is 27.6 Å². The van der Waals surface area contributed by atoms with Crippen molar-refractivity contribution in [2.75, 3.05) is 13.2 Å². The minimum absolute atomic E-state index is 0.0411. The molecule has 1 aliphatic heterocycles. The highest BCUT2D eigenvalue weighted by Crippen LogP contribution is 2.27. The summed E-state index contributed by atoms with van der Waals surface area (Å²) >= 11 is 6.02. The first kappa shape index (κ1) is 17.9. The molecule has 1 heterocycles. The number of nitrogens with zero attached hydrogens (tertiary/aromatic N) is 1. The van der Waals surface area contributed by atoms with Gasteiger partial charge in [-0.2, -0.15) is 4.31 Å². The van der Waals surface area contributed by atoms with Gasteiger partial charge >= 0.3 is 5.97 Å². The quantitative estimate of drug-likeness (QED) is 0.765. The summed E-state index contributed by atoms with van der Waals surface area (Å²) in [6.07, 6.45) is 0.660. The fourth-order valence-electron chi connectivity index (χ4n) is 2.85. The Bertz CT molecular complexity index is 911. The molecule has 25 heavy (non-hydrogen) atoms. The third-order valence-electron chi connectivity index (χ3n) is 4.17. The Balaban J connectivity index is 1.93. The van der Waals surface area contributed by atoms with Crippen LogP contribution in [0.4, 0.5) is 0 Å². The lowest BCUT2D eigenvalue weighted by molar-refractivity contribution is 0.0526. The second-order valence-electron chi connectivity index (χ2n) is 5.72. The van der Waals surface area contributed by atoms with Crippen LogP contribution >= 0.6 is 11.6 Å². The second-order valence-corrected chi connectivity index (χ2v) is 8.06. The van der Waals surface area contributed by atoms with Gasteiger partial charge in [0.2, 0.25) is 10.0 Å². The van der Waals surface area contributed by atoms with Crippen LogP contribution in [0, 0.1) is 0 Å². The fraction of sp³-hybridized carbons (Fsp3) is 0.278. The molecule has 0 unspecified atom stereocenters. The first-order valence-corrected chi connectivity index (χ1v) is 9.79. The molecule has 1 aliphatic rings. The van der Waals surface area contributed by atoms with Gasteiger partial charge in [0, 0.05) is 13.1 Å². The van der Waals surface area contributed by atoms with Gasteiger partial charge in [-0.25, -0.2) is 13.2 Å². The van der Waals surface area contributed by atoms with Crippen LogP contribution in [0.1, 0.15) is 28.4 Å². The summed E-state index contributed by atoms with van der Waals surface area (Å²) in [5.41, 5.74) is 2.22. The molecule has 0 spiro atoms. The number of hydrogen-bond acceptors (Lipinski definition) is 4. The lowest BCUT2D eigenvalue weighted by Crippen LogP contribution is -2.36. The van der Waals surface area contributed by atoms with Gasteiger partial charge < -0.3 is 4.74 Å². The van der Waals surface area contributed by atoms with Crippen LogP contribution in [0.15, 0.2) is 47.4 Å². The van der Waals surface area contributed by atoms with Gasteiger partial charge in [0.05, 0.1) is 22.1 Å². The van der Waals surface area contributed by atoms with Crippen molar-refractivity contribution in [2.45, 2.75) is 24.8 Å². The smallest absolute Gasteiger partial charge is 0.339 e. The van der Waals surface area contributed by atoms with Crippen molar-refractivity contribution in [3.63, 3.8) is 0 Å². The van der Waals surface area contributed by atoms with Gasteiger partial charge in [-0.3, -0.25) is 0 Å². The number of sulfonamides is 1. The van der Waals surface area contributed by atoms with Crippen LogP contribution in [-0.2, 0) is 27.7 Å². The molecule has 3 rings (SSSR count). The van der Waals surface area contributed by atoms with E-state index < -0.39 is 16.0 Å². The van der Waals surface area contributed by atoms with Crippen molar-refractivity contribution in [3.05, 3.63) is 64.2 Å². The summed E-state index contributed by atoms with van der Waals surface area (Å²) in [7, 11) is -3.73. The van der Waals surface area contributed by atoms with Crippen molar-refractivity contribution in [1.29, 1.82) is 0 Å². The molecule has 0 amide bonds. The van der Waals surface area contributed by atoms with Crippen molar-refractivity contribution < 1.29 is 17.9 Å². The SMILES string of the molecule is CCOC(=O)c1cc(S(=O)(=O)N2CCc3ccccc3C2)ccc1Cl. The average molecular weight is 380 g/mol. The third kappa shape index (κ3) is 3.56. The van der Waals surface area contributed by atoms with Crippen LogP contribution < -0.4 is 0 Å². The molecular weight excluding hydrogens is 362 g/mol. The zero-order valence-electron chi connectivity index (χ0n) is 13.7. The molecule has 0 aliphatic carbocycles. The highest BCUT2D eigenvalue weighted by molar-refractivity contribution is 7.89. The number of rotatable bonds is 4. The van der Waals surface area contributed by atoms with E-state index in [0.717, 1.165) is 11.1 Å². The van der Waals surface area contributed by atoms with E-state index in [0.29, 0.717) is 19.5 Å². The Morgan fingerprint density at radius 2 is 1.92 bits per heavy atom. The molecule has 0 bridgehead atoms. The monoisotopic (exact) mass is 379 g/mol. The molecule has 0 fully saturated rings. The Hall–Kier alpha value is -1.89. The molecule has 0 atom stereocenters. The molecule has 7 heteroatoms. The summed E-state index contributed by atoms with van der Waals surface area (Å²) < 4.78 is 32.3. The van der Waals surface area contributed by atoms with Crippen LogP contribution in [-0.4, -0.2) is 31.8 Å². The predicted molar refractivity (Wildman–Crippen MR) is 95.2 cm³/mol. The molecule has 0 saturated carbocycles. The molecule has 132 valence electrons. The molecule has 0 saturated heterocycles. The van der Waals surface area contributed by atoms with Crippen LogP contribution in [0.3, 0.4) is 0 Å². The average Bonchev–Trinajstić information content (AvgIpc) is 2.61. The van der Waals surface area contributed by atoms with Gasteiger partial charge in [-0.05, 0) is 42.7 Å². The molecule has 2 aromatic rings. The predicted octanol–water partition coefficient (Wildman–Crippen LogP) is 3.26. The fourth-order valence-corrected chi connectivity index (χ4v) is 4.49. The summed E-state index contributed by atoms with van der Waals surface area (Å²) in [6.45, 7) is 2.58. The maximum Gasteiger partial charge on any atom is 0.339 e. The van der Waals surface area contributed by atoms with Crippen LogP contribution in [0.2, 0.25) is 5.02 Å². The standard InChI is InChI=1S/C18H18ClNO4S/c1-2-24-18(21)16-11-15(7-8-17(16)19)25(22,23)20-10-9-13-5-3-4-6-14(13)12-20/h3-8,11H,2,9-10,12H2,1H3. The van der Waals surface area contributed by atoms with E-state index in [9.17, 15) is 13.2 Å². The van der Waals surface area contributed by atoms with E-state index in [4.69, 9.17) is 16.3 Å². The number of halogens is 1. The topological polar surface area (TPSA) is 63.7 Å². The zero-order valence-corrected chi connectivity index (χ0v) is 15.3. The van der Waals surface area contributed by atoms with Crippen molar-refractivity contribution in [1.82, 2.24) is 4.31 Å². The second kappa shape index (κ2) is 7.15. The number of ether oxygens (including phenoxy) is 1. The van der Waals surface area contributed by atoms with Gasteiger partial charge in [0.25, 0.3) is 0 Å². The van der Waals surface area contributed by atoms with E-state index in [-0.39, 0.29) is 22.1 Å². The number of esters is 1. The first-order valence-electron chi connectivity index (χ1n) is 7.97. The normalized spacial score (nSPS) is 14.8. The number of hydrogen-bond donors (Lipinski definition) is 0. The molecular formula is C18H18ClNO4S. The van der Waals surface area contributed by atoms with Gasteiger partial charge in [-0.15, -0.1) is 0 Å². The Labute approximate surface area is 152 Å². The van der Waals surface area contributed by atoms with Crippen molar-refractivity contribution in [2.24, 2.45) is 0 Å². The number of carbonyl (C=O) groups is 1. The summed E-state index contributed by atoms with van der Waals surface area (Å²) in [5.74, 6) is -0.631. The first-order chi connectivity index (χ1) is 11.9. The Morgan fingerprint density at radius 1 is 1.20 bits per heavy atom. The summed E-state index contributed by atoms with van der Waals surface area (Å²) in [6, 6.07) is 11.9.